The average Bonchev–Trinajstić information content (AvgIpc) is 2.74. The van der Waals surface area contributed by atoms with Crippen LogP contribution < -0.4 is 4.90 Å². The van der Waals surface area contributed by atoms with Gasteiger partial charge in [0.2, 0.25) is 5.91 Å². The third-order valence-corrected chi connectivity index (χ3v) is 4.56. The van der Waals surface area contributed by atoms with Crippen LogP contribution in [0.4, 0.5) is 5.69 Å². The normalized spacial score (nSPS) is 21.1. The van der Waals surface area contributed by atoms with Crippen molar-refractivity contribution in [2.75, 3.05) is 11.4 Å². The summed E-state index contributed by atoms with van der Waals surface area (Å²) >= 11 is 0. The van der Waals surface area contributed by atoms with E-state index >= 15 is 0 Å². The Morgan fingerprint density at radius 2 is 1.90 bits per heavy atom. The lowest BCUT2D eigenvalue weighted by atomic mass is 9.80. The van der Waals surface area contributed by atoms with Crippen molar-refractivity contribution in [3.8, 4) is 0 Å². The van der Waals surface area contributed by atoms with E-state index in [4.69, 9.17) is 0 Å². The average molecular weight is 273 g/mol. The largest absolute Gasteiger partial charge is 0.311 e. The molecule has 110 valence electrons. The fraction of sp³-hybridized carbons (Fsp3) is 0.611. The Hall–Kier alpha value is -1.31. The van der Waals surface area contributed by atoms with Crippen LogP contribution in [-0.2, 0) is 10.2 Å². The van der Waals surface area contributed by atoms with Crippen molar-refractivity contribution < 1.29 is 4.79 Å². The summed E-state index contributed by atoms with van der Waals surface area (Å²) in [6, 6.07) is 8.41. The van der Waals surface area contributed by atoms with Gasteiger partial charge in [0.05, 0.1) is 0 Å². The fourth-order valence-corrected chi connectivity index (χ4v) is 3.35. The minimum atomic E-state index is 0.133. The van der Waals surface area contributed by atoms with Gasteiger partial charge in [-0.1, -0.05) is 64.2 Å². The van der Waals surface area contributed by atoms with Gasteiger partial charge < -0.3 is 4.90 Å². The summed E-state index contributed by atoms with van der Waals surface area (Å²) in [6.07, 6.45) is 7.72. The lowest BCUT2D eigenvalue weighted by Gasteiger charge is -2.25. The van der Waals surface area contributed by atoms with Crippen molar-refractivity contribution >= 4 is 11.6 Å². The van der Waals surface area contributed by atoms with E-state index in [1.807, 2.05) is 11.0 Å². The Morgan fingerprint density at radius 3 is 2.60 bits per heavy atom. The molecule has 0 saturated heterocycles. The van der Waals surface area contributed by atoms with Crippen LogP contribution in [0.5, 0.6) is 0 Å². The lowest BCUT2D eigenvalue weighted by molar-refractivity contribution is -0.116. The summed E-state index contributed by atoms with van der Waals surface area (Å²) in [4.78, 5) is 13.8. The maximum atomic E-state index is 11.8. The molecule has 1 aromatic rings. The van der Waals surface area contributed by atoms with E-state index in [1.165, 1.54) is 44.1 Å². The summed E-state index contributed by atoms with van der Waals surface area (Å²) in [5, 5.41) is 0. The standard InChI is InChI=1S/C18H27NO/c1-4-5-6-7-10-13-18(3)14-19(15(2)20)17-12-9-8-11-16(17)18/h8-9,11-12H,4-7,10,13-14H2,1-3H3. The third-order valence-electron chi connectivity index (χ3n) is 4.56. The van der Waals surface area contributed by atoms with Gasteiger partial charge in [0.1, 0.15) is 0 Å². The van der Waals surface area contributed by atoms with Crippen molar-refractivity contribution in [1.29, 1.82) is 0 Å². The number of unbranched alkanes of at least 4 members (excludes halogenated alkanes) is 4. The van der Waals surface area contributed by atoms with Crippen LogP contribution in [0.25, 0.3) is 0 Å². The molecule has 2 nitrogen and oxygen atoms in total. The van der Waals surface area contributed by atoms with E-state index < -0.39 is 0 Å². The summed E-state index contributed by atoms with van der Waals surface area (Å²) in [5.74, 6) is 0.159. The SMILES string of the molecule is CCCCCCCC1(C)CN(C(C)=O)c2ccccc21. The minimum Gasteiger partial charge on any atom is -0.311 e. The molecule has 0 N–H and O–H groups in total. The van der Waals surface area contributed by atoms with Crippen LogP contribution in [0, 0.1) is 0 Å². The Labute approximate surface area is 123 Å². The molecule has 2 rings (SSSR count). The number of benzene rings is 1. The molecule has 1 amide bonds. The van der Waals surface area contributed by atoms with Crippen LogP contribution in [0.3, 0.4) is 0 Å². The highest BCUT2D eigenvalue weighted by molar-refractivity contribution is 5.94. The zero-order valence-corrected chi connectivity index (χ0v) is 13.1. The maximum absolute atomic E-state index is 11.8. The lowest BCUT2D eigenvalue weighted by Crippen LogP contribution is -2.33. The number of carbonyl (C=O) groups excluding carboxylic acids is 1. The molecule has 1 unspecified atom stereocenters. The number of fused-ring (bicyclic) bond motifs is 1. The third kappa shape index (κ3) is 3.05. The molecule has 0 saturated carbocycles. The fourth-order valence-electron chi connectivity index (χ4n) is 3.35. The van der Waals surface area contributed by atoms with E-state index in [0.717, 1.165) is 12.2 Å². The van der Waals surface area contributed by atoms with Gasteiger partial charge >= 0.3 is 0 Å². The molecule has 0 aromatic heterocycles. The first-order valence-electron chi connectivity index (χ1n) is 7.96. The topological polar surface area (TPSA) is 20.3 Å². The van der Waals surface area contributed by atoms with E-state index in [2.05, 4.69) is 32.0 Å². The zero-order valence-electron chi connectivity index (χ0n) is 13.1. The van der Waals surface area contributed by atoms with Gasteiger partial charge in [-0.15, -0.1) is 0 Å². The van der Waals surface area contributed by atoms with Gasteiger partial charge in [-0.25, -0.2) is 0 Å². The number of carbonyl (C=O) groups is 1. The van der Waals surface area contributed by atoms with Crippen molar-refractivity contribution in [1.82, 2.24) is 0 Å². The highest BCUT2D eigenvalue weighted by atomic mass is 16.2. The zero-order chi connectivity index (χ0) is 14.6. The first-order chi connectivity index (χ1) is 9.58. The number of anilines is 1. The molecule has 1 aliphatic heterocycles. The van der Waals surface area contributed by atoms with Crippen molar-refractivity contribution in [2.45, 2.75) is 64.7 Å². The Bertz CT molecular complexity index is 468. The molecular weight excluding hydrogens is 246 g/mol. The maximum Gasteiger partial charge on any atom is 0.223 e. The molecule has 0 bridgehead atoms. The van der Waals surface area contributed by atoms with Crippen LogP contribution in [0.2, 0.25) is 0 Å². The van der Waals surface area contributed by atoms with Crippen molar-refractivity contribution in [3.05, 3.63) is 29.8 Å². The summed E-state index contributed by atoms with van der Waals surface area (Å²) in [6.45, 7) is 7.08. The molecule has 1 heterocycles. The second-order valence-electron chi connectivity index (χ2n) is 6.35. The van der Waals surface area contributed by atoms with E-state index in [1.54, 1.807) is 6.92 Å². The smallest absolute Gasteiger partial charge is 0.223 e. The Kier molecular flexibility index (Phi) is 4.85. The van der Waals surface area contributed by atoms with Gasteiger partial charge in [-0.2, -0.15) is 0 Å². The molecule has 2 heteroatoms. The number of hydrogen-bond acceptors (Lipinski definition) is 1. The van der Waals surface area contributed by atoms with Gasteiger partial charge in [0.25, 0.3) is 0 Å². The quantitative estimate of drug-likeness (QED) is 0.690. The van der Waals surface area contributed by atoms with E-state index in [-0.39, 0.29) is 11.3 Å². The monoisotopic (exact) mass is 273 g/mol. The molecule has 1 atom stereocenters. The number of para-hydroxylation sites is 1. The molecular formula is C18H27NO. The van der Waals surface area contributed by atoms with Gasteiger partial charge in [-0.05, 0) is 18.1 Å². The van der Waals surface area contributed by atoms with Crippen molar-refractivity contribution in [2.24, 2.45) is 0 Å². The molecule has 0 fully saturated rings. The number of amides is 1. The predicted octanol–water partition coefficient (Wildman–Crippen LogP) is 4.67. The van der Waals surface area contributed by atoms with Crippen LogP contribution in [-0.4, -0.2) is 12.5 Å². The first kappa shape index (κ1) is 15.1. The minimum absolute atomic E-state index is 0.133. The highest BCUT2D eigenvalue weighted by Gasteiger charge is 2.39. The number of nitrogens with zero attached hydrogens (tertiary/aromatic N) is 1. The number of hydrogen-bond donors (Lipinski definition) is 0. The molecule has 0 radical (unpaired) electrons. The van der Waals surface area contributed by atoms with Crippen LogP contribution in [0.15, 0.2) is 24.3 Å². The van der Waals surface area contributed by atoms with Gasteiger partial charge in [0.15, 0.2) is 0 Å². The molecule has 1 aliphatic rings. The highest BCUT2D eigenvalue weighted by Crippen LogP contribution is 2.43. The molecule has 0 aliphatic carbocycles. The second-order valence-corrected chi connectivity index (χ2v) is 6.35. The molecule has 0 spiro atoms. The van der Waals surface area contributed by atoms with Crippen LogP contribution in [0.1, 0.15) is 64.9 Å². The Balaban J connectivity index is 2.06. The number of rotatable bonds is 6. The summed E-state index contributed by atoms with van der Waals surface area (Å²) < 4.78 is 0. The van der Waals surface area contributed by atoms with Gasteiger partial charge in [-0.3, -0.25) is 4.79 Å². The second kappa shape index (κ2) is 6.43. The van der Waals surface area contributed by atoms with Gasteiger partial charge in [0, 0.05) is 24.6 Å². The summed E-state index contributed by atoms with van der Waals surface area (Å²) in [7, 11) is 0. The summed E-state index contributed by atoms with van der Waals surface area (Å²) in [5.41, 5.74) is 2.61. The van der Waals surface area contributed by atoms with Crippen molar-refractivity contribution in [3.63, 3.8) is 0 Å². The van der Waals surface area contributed by atoms with E-state index in [9.17, 15) is 4.79 Å². The molecule has 20 heavy (non-hydrogen) atoms. The van der Waals surface area contributed by atoms with E-state index in [0.29, 0.717) is 0 Å². The van der Waals surface area contributed by atoms with Crippen LogP contribution >= 0.6 is 0 Å². The predicted molar refractivity (Wildman–Crippen MR) is 85.2 cm³/mol. The first-order valence-corrected chi connectivity index (χ1v) is 7.96. The Morgan fingerprint density at radius 1 is 1.20 bits per heavy atom. The molecule has 1 aromatic carbocycles.